The van der Waals surface area contributed by atoms with Crippen molar-refractivity contribution in [3.05, 3.63) is 85.6 Å². The van der Waals surface area contributed by atoms with Crippen LogP contribution in [-0.2, 0) is 4.79 Å². The number of para-hydroxylation sites is 1. The summed E-state index contributed by atoms with van der Waals surface area (Å²) >= 11 is 0. The summed E-state index contributed by atoms with van der Waals surface area (Å²) in [7, 11) is 0. The molecule has 0 fully saturated rings. The first-order valence-electron chi connectivity index (χ1n) is 11.5. The zero-order valence-electron chi connectivity index (χ0n) is 20.2. The van der Waals surface area contributed by atoms with Crippen molar-refractivity contribution in [3.63, 3.8) is 0 Å². The molecule has 1 aliphatic rings. The number of nitrogens with zero attached hydrogens (tertiary/aromatic N) is 3. The molecule has 182 valence electrons. The summed E-state index contributed by atoms with van der Waals surface area (Å²) in [5.74, 6) is -0.149. The predicted molar refractivity (Wildman–Crippen MR) is 132 cm³/mol. The quantitative estimate of drug-likeness (QED) is 0.566. The van der Waals surface area contributed by atoms with Gasteiger partial charge in [0.15, 0.2) is 0 Å². The van der Waals surface area contributed by atoms with Gasteiger partial charge in [-0.3, -0.25) is 14.6 Å². The van der Waals surface area contributed by atoms with Gasteiger partial charge in [-0.15, -0.1) is 0 Å². The molecule has 0 bridgehead atoms. The Morgan fingerprint density at radius 3 is 2.49 bits per heavy atom. The second-order valence-electron chi connectivity index (χ2n) is 8.47. The summed E-state index contributed by atoms with van der Waals surface area (Å²) in [6.07, 6.45) is 0.367. The van der Waals surface area contributed by atoms with Crippen LogP contribution in [0.3, 0.4) is 0 Å². The van der Waals surface area contributed by atoms with Gasteiger partial charge in [0.1, 0.15) is 11.3 Å². The number of amides is 1. The molecule has 1 atom stereocenters. The maximum atomic E-state index is 12.9. The van der Waals surface area contributed by atoms with Gasteiger partial charge >= 0.3 is 5.69 Å². The van der Waals surface area contributed by atoms with E-state index in [0.29, 0.717) is 18.0 Å². The lowest BCUT2D eigenvalue weighted by atomic mass is 9.98. The van der Waals surface area contributed by atoms with Crippen LogP contribution in [0.15, 0.2) is 57.2 Å². The lowest BCUT2D eigenvalue weighted by Crippen LogP contribution is -2.33. The van der Waals surface area contributed by atoms with E-state index in [1.807, 2.05) is 51.1 Å². The summed E-state index contributed by atoms with van der Waals surface area (Å²) in [5.41, 5.74) is 1.48. The van der Waals surface area contributed by atoms with Crippen molar-refractivity contribution in [3.8, 4) is 17.3 Å². The van der Waals surface area contributed by atoms with Crippen LogP contribution in [0, 0.1) is 13.8 Å². The van der Waals surface area contributed by atoms with E-state index in [1.54, 1.807) is 19.1 Å². The number of aromatic nitrogens is 2. The van der Waals surface area contributed by atoms with Crippen LogP contribution < -0.4 is 16.0 Å². The van der Waals surface area contributed by atoms with E-state index in [0.717, 1.165) is 21.3 Å². The molecule has 4 rings (SSSR count). The lowest BCUT2D eigenvalue weighted by molar-refractivity contribution is -0.132. The number of rotatable bonds is 6. The number of carbonyl (C=O) groups is 1. The fourth-order valence-corrected chi connectivity index (χ4v) is 4.44. The van der Waals surface area contributed by atoms with Crippen LogP contribution in [-0.4, -0.2) is 37.9 Å². The van der Waals surface area contributed by atoms with Gasteiger partial charge in [-0.05, 0) is 50.1 Å². The Kier molecular flexibility index (Phi) is 6.59. The van der Waals surface area contributed by atoms with Crippen LogP contribution in [0.5, 0.6) is 11.6 Å². The number of aromatic hydroxyl groups is 1. The monoisotopic (exact) mass is 476 g/mol. The molecule has 0 radical (unpaired) electrons. The van der Waals surface area contributed by atoms with Crippen LogP contribution >= 0.6 is 0 Å². The van der Waals surface area contributed by atoms with E-state index in [1.165, 1.54) is 5.01 Å². The Balaban J connectivity index is 1.87. The van der Waals surface area contributed by atoms with Crippen molar-refractivity contribution < 1.29 is 14.6 Å². The lowest BCUT2D eigenvalue weighted by Gasteiger charge is -2.23. The molecule has 3 aromatic rings. The van der Waals surface area contributed by atoms with Crippen molar-refractivity contribution >= 4 is 11.6 Å². The van der Waals surface area contributed by atoms with Gasteiger partial charge in [-0.25, -0.2) is 14.4 Å². The number of nitrogens with one attached hydrogen (secondary N) is 1. The van der Waals surface area contributed by atoms with Crippen LogP contribution in [0.4, 0.5) is 0 Å². The molecule has 0 spiro atoms. The van der Waals surface area contributed by atoms with Crippen LogP contribution in [0.2, 0.25) is 0 Å². The molecule has 0 saturated heterocycles. The summed E-state index contributed by atoms with van der Waals surface area (Å²) < 4.78 is 6.81. The highest BCUT2D eigenvalue weighted by atomic mass is 16.5. The maximum absolute atomic E-state index is 12.9. The molecule has 35 heavy (non-hydrogen) atoms. The van der Waals surface area contributed by atoms with Gasteiger partial charge in [0, 0.05) is 18.4 Å². The first kappa shape index (κ1) is 24.0. The summed E-state index contributed by atoms with van der Waals surface area (Å²) in [4.78, 5) is 40.7. The molecule has 1 aromatic heterocycles. The van der Waals surface area contributed by atoms with Crippen molar-refractivity contribution in [2.24, 2.45) is 5.10 Å². The minimum absolute atomic E-state index is 0.144. The molecule has 2 aromatic carbocycles. The number of ether oxygens (including phenoxy) is 1. The van der Waals surface area contributed by atoms with Gasteiger partial charge in [-0.1, -0.05) is 31.2 Å². The Hall–Kier alpha value is -4.14. The highest BCUT2D eigenvalue weighted by molar-refractivity contribution is 6.04. The molecule has 2 N–H and O–H groups in total. The number of aryl methyl sites for hydroxylation is 2. The van der Waals surface area contributed by atoms with E-state index in [2.05, 4.69) is 10.1 Å². The maximum Gasteiger partial charge on any atom is 0.335 e. The Morgan fingerprint density at radius 1 is 1.14 bits per heavy atom. The summed E-state index contributed by atoms with van der Waals surface area (Å²) in [6.45, 7) is 7.80. The third-order valence-electron chi connectivity index (χ3n) is 5.89. The molecular formula is C26H28N4O5. The first-order valence-corrected chi connectivity index (χ1v) is 11.5. The van der Waals surface area contributed by atoms with E-state index in [9.17, 15) is 19.5 Å². The number of hydrazone groups is 1. The van der Waals surface area contributed by atoms with Crippen LogP contribution in [0.1, 0.15) is 55.0 Å². The predicted octanol–water partition coefficient (Wildman–Crippen LogP) is 3.33. The SMILES string of the molecule is CCOc1ccccc1[C@@H]1CC(c2c(O)n(-c3cc(C)cc(C)c3)c(=O)[nH]c2=O)=NN1C(=O)CC. The fraction of sp³-hybridized carbons (Fsp3) is 0.308. The second kappa shape index (κ2) is 9.61. The van der Waals surface area contributed by atoms with E-state index in [-0.39, 0.29) is 30.0 Å². The van der Waals surface area contributed by atoms with E-state index in [4.69, 9.17) is 4.74 Å². The molecule has 0 unspecified atom stereocenters. The molecule has 0 aliphatic carbocycles. The van der Waals surface area contributed by atoms with Crippen molar-refractivity contribution in [2.45, 2.75) is 46.6 Å². The Bertz CT molecular complexity index is 1420. The van der Waals surface area contributed by atoms with Gasteiger partial charge in [0.25, 0.3) is 5.56 Å². The summed E-state index contributed by atoms with van der Waals surface area (Å²) in [5, 5.41) is 16.9. The average Bonchev–Trinajstić information content (AvgIpc) is 3.23. The molecule has 9 heteroatoms. The summed E-state index contributed by atoms with van der Waals surface area (Å²) in [6, 6.07) is 12.2. The number of hydrogen-bond donors (Lipinski definition) is 2. The number of benzene rings is 2. The van der Waals surface area contributed by atoms with Gasteiger partial charge in [0.2, 0.25) is 11.8 Å². The topological polar surface area (TPSA) is 117 Å². The van der Waals surface area contributed by atoms with Crippen LogP contribution in [0.25, 0.3) is 5.69 Å². The first-order chi connectivity index (χ1) is 16.7. The molecule has 1 aliphatic heterocycles. The zero-order chi connectivity index (χ0) is 25.3. The molecular weight excluding hydrogens is 448 g/mol. The van der Waals surface area contributed by atoms with E-state index < -0.39 is 23.2 Å². The van der Waals surface area contributed by atoms with Crippen molar-refractivity contribution in [1.29, 1.82) is 0 Å². The molecule has 0 saturated carbocycles. The molecule has 9 nitrogen and oxygen atoms in total. The highest BCUT2D eigenvalue weighted by Crippen LogP contribution is 2.38. The van der Waals surface area contributed by atoms with Gasteiger partial charge < -0.3 is 9.84 Å². The third-order valence-corrected chi connectivity index (χ3v) is 5.89. The van der Waals surface area contributed by atoms with Gasteiger partial charge in [-0.2, -0.15) is 5.10 Å². The molecule has 1 amide bonds. The largest absolute Gasteiger partial charge is 0.494 e. The van der Waals surface area contributed by atoms with Crippen molar-refractivity contribution in [2.75, 3.05) is 6.61 Å². The molecule has 2 heterocycles. The fourth-order valence-electron chi connectivity index (χ4n) is 4.44. The normalized spacial score (nSPS) is 15.3. The minimum atomic E-state index is -0.769. The Morgan fingerprint density at radius 2 is 1.83 bits per heavy atom. The van der Waals surface area contributed by atoms with E-state index >= 15 is 0 Å². The number of hydrogen-bond acceptors (Lipinski definition) is 6. The highest BCUT2D eigenvalue weighted by Gasteiger charge is 2.36. The van der Waals surface area contributed by atoms with Crippen molar-refractivity contribution in [1.82, 2.24) is 14.6 Å². The van der Waals surface area contributed by atoms with Gasteiger partial charge in [0.05, 0.1) is 24.0 Å². The third kappa shape index (κ3) is 4.49. The minimum Gasteiger partial charge on any atom is -0.494 e. The Labute approximate surface area is 202 Å². The standard InChI is InChI=1S/C26H28N4O5/c1-5-22(31)30-20(18-9-7-8-10-21(18)35-6-2)14-19(28-30)23-24(32)27-26(34)29(25(23)33)17-12-15(3)11-16(4)13-17/h7-13,20,33H,5-6,14H2,1-4H3,(H,27,32,34)/t20-/m0/s1. The number of carbonyl (C=O) groups excluding carboxylic acids is 1. The number of aromatic amines is 1. The second-order valence-corrected chi connectivity index (χ2v) is 8.47. The smallest absolute Gasteiger partial charge is 0.335 e. The number of H-pyrrole nitrogens is 1. The zero-order valence-corrected chi connectivity index (χ0v) is 20.2. The average molecular weight is 477 g/mol.